The molecule has 0 unspecified atom stereocenters. The Balaban J connectivity index is 1.53. The molecule has 2 aromatic carbocycles. The molecule has 0 aliphatic carbocycles. The predicted octanol–water partition coefficient (Wildman–Crippen LogP) is 3.78. The van der Waals surface area contributed by atoms with Crippen molar-refractivity contribution in [3.05, 3.63) is 66.0 Å². The Morgan fingerprint density at radius 1 is 1.03 bits per heavy atom. The average molecular weight is 441 g/mol. The molecule has 1 amide bonds. The van der Waals surface area contributed by atoms with Crippen molar-refractivity contribution in [2.45, 2.75) is 32.2 Å². The third-order valence-electron chi connectivity index (χ3n) is 4.23. The van der Waals surface area contributed by atoms with Crippen LogP contribution in [0.1, 0.15) is 30.0 Å². The van der Waals surface area contributed by atoms with Crippen LogP contribution in [0.25, 0.3) is 0 Å². The van der Waals surface area contributed by atoms with Crippen molar-refractivity contribution in [2.75, 3.05) is 17.7 Å². The van der Waals surface area contributed by atoms with Gasteiger partial charge in [0.15, 0.2) is 11.0 Å². The van der Waals surface area contributed by atoms with E-state index in [1.54, 1.807) is 31.2 Å². The number of benzene rings is 2. The Hall–Kier alpha value is -3.33. The molecule has 31 heavy (non-hydrogen) atoms. The molecule has 162 valence electrons. The van der Waals surface area contributed by atoms with Gasteiger partial charge in [-0.25, -0.2) is 4.79 Å². The van der Waals surface area contributed by atoms with E-state index in [1.807, 2.05) is 41.8 Å². The van der Waals surface area contributed by atoms with Gasteiger partial charge >= 0.3 is 5.97 Å². The van der Waals surface area contributed by atoms with Crippen LogP contribution in [0, 0.1) is 0 Å². The standard InChI is InChI=1S/C22H24N4O4S/c1-3-26-19(14-30-18-8-6-5-7-9-18)24-25-22(26)31-15-20(27)23-17-12-10-16(11-13-17)21(28)29-4-2/h5-13H,3-4,14-15H2,1-2H3,(H,23,27). The summed E-state index contributed by atoms with van der Waals surface area (Å²) < 4.78 is 12.6. The quantitative estimate of drug-likeness (QED) is 0.379. The lowest BCUT2D eigenvalue weighted by molar-refractivity contribution is -0.113. The highest BCUT2D eigenvalue weighted by molar-refractivity contribution is 7.99. The molecule has 0 spiro atoms. The number of thioether (sulfide) groups is 1. The summed E-state index contributed by atoms with van der Waals surface area (Å²) in [6.45, 7) is 5.02. The Bertz CT molecular complexity index is 1010. The molecule has 0 saturated heterocycles. The molecule has 0 fully saturated rings. The summed E-state index contributed by atoms with van der Waals surface area (Å²) in [4.78, 5) is 24.0. The van der Waals surface area contributed by atoms with Crippen molar-refractivity contribution >= 4 is 29.3 Å². The SMILES string of the molecule is CCOC(=O)c1ccc(NC(=O)CSc2nnc(COc3ccccc3)n2CC)cc1. The van der Waals surface area contributed by atoms with Crippen LogP contribution in [0.4, 0.5) is 5.69 Å². The fourth-order valence-electron chi connectivity index (χ4n) is 2.75. The maximum Gasteiger partial charge on any atom is 0.338 e. The lowest BCUT2D eigenvalue weighted by Crippen LogP contribution is -2.15. The van der Waals surface area contributed by atoms with Crippen LogP contribution < -0.4 is 10.1 Å². The Morgan fingerprint density at radius 2 is 1.77 bits per heavy atom. The minimum Gasteiger partial charge on any atom is -0.486 e. The highest BCUT2D eigenvalue weighted by Crippen LogP contribution is 2.19. The molecule has 1 N–H and O–H groups in total. The number of para-hydroxylation sites is 1. The minimum absolute atomic E-state index is 0.178. The monoisotopic (exact) mass is 440 g/mol. The third-order valence-corrected chi connectivity index (χ3v) is 5.20. The summed E-state index contributed by atoms with van der Waals surface area (Å²) in [6.07, 6.45) is 0. The van der Waals surface area contributed by atoms with E-state index in [1.165, 1.54) is 11.8 Å². The molecule has 0 aliphatic rings. The first-order valence-electron chi connectivity index (χ1n) is 9.90. The van der Waals surface area contributed by atoms with Gasteiger partial charge in [0, 0.05) is 12.2 Å². The molecule has 1 aromatic heterocycles. The number of amides is 1. The third kappa shape index (κ3) is 6.32. The average Bonchev–Trinajstić information content (AvgIpc) is 3.19. The first-order chi connectivity index (χ1) is 15.1. The zero-order valence-electron chi connectivity index (χ0n) is 17.4. The summed E-state index contributed by atoms with van der Waals surface area (Å²) >= 11 is 1.30. The van der Waals surface area contributed by atoms with Crippen LogP contribution in [0.3, 0.4) is 0 Å². The van der Waals surface area contributed by atoms with E-state index < -0.39 is 0 Å². The van der Waals surface area contributed by atoms with Crippen molar-refractivity contribution in [1.29, 1.82) is 0 Å². The van der Waals surface area contributed by atoms with E-state index in [-0.39, 0.29) is 17.6 Å². The Morgan fingerprint density at radius 3 is 2.45 bits per heavy atom. The van der Waals surface area contributed by atoms with Crippen LogP contribution in [-0.2, 0) is 22.7 Å². The van der Waals surface area contributed by atoms with Crippen molar-refractivity contribution in [3.63, 3.8) is 0 Å². The summed E-state index contributed by atoms with van der Waals surface area (Å²) in [5.74, 6) is 1.07. The van der Waals surface area contributed by atoms with Crippen LogP contribution in [0.2, 0.25) is 0 Å². The molecule has 0 radical (unpaired) electrons. The fourth-order valence-corrected chi connectivity index (χ4v) is 3.57. The maximum absolute atomic E-state index is 12.3. The molecular weight excluding hydrogens is 416 g/mol. The van der Waals surface area contributed by atoms with E-state index in [2.05, 4.69) is 15.5 Å². The number of esters is 1. The second-order valence-corrected chi connectivity index (χ2v) is 7.32. The van der Waals surface area contributed by atoms with E-state index in [4.69, 9.17) is 9.47 Å². The molecule has 0 aliphatic heterocycles. The van der Waals surface area contributed by atoms with Gasteiger partial charge in [-0.2, -0.15) is 0 Å². The number of rotatable bonds is 10. The molecule has 9 heteroatoms. The molecule has 1 heterocycles. The predicted molar refractivity (Wildman–Crippen MR) is 118 cm³/mol. The van der Waals surface area contributed by atoms with Crippen molar-refractivity contribution < 1.29 is 19.1 Å². The molecule has 0 saturated carbocycles. The highest BCUT2D eigenvalue weighted by atomic mass is 32.2. The van der Waals surface area contributed by atoms with Crippen molar-refractivity contribution in [2.24, 2.45) is 0 Å². The first-order valence-corrected chi connectivity index (χ1v) is 10.9. The number of hydrogen-bond donors (Lipinski definition) is 1. The second kappa shape index (κ2) is 11.2. The smallest absolute Gasteiger partial charge is 0.338 e. The maximum atomic E-state index is 12.3. The van der Waals surface area contributed by atoms with E-state index in [9.17, 15) is 9.59 Å². The summed E-state index contributed by atoms with van der Waals surface area (Å²) in [7, 11) is 0. The lowest BCUT2D eigenvalue weighted by Gasteiger charge is -2.09. The highest BCUT2D eigenvalue weighted by Gasteiger charge is 2.14. The molecule has 0 bridgehead atoms. The largest absolute Gasteiger partial charge is 0.486 e. The van der Waals surface area contributed by atoms with Gasteiger partial charge in [0.1, 0.15) is 12.4 Å². The topological polar surface area (TPSA) is 95.3 Å². The summed E-state index contributed by atoms with van der Waals surface area (Å²) in [6, 6.07) is 16.1. The second-order valence-electron chi connectivity index (χ2n) is 6.38. The Labute approximate surface area is 185 Å². The number of aromatic nitrogens is 3. The molecule has 0 atom stereocenters. The fraction of sp³-hybridized carbons (Fsp3) is 0.273. The van der Waals surface area contributed by atoms with Gasteiger partial charge in [-0.05, 0) is 50.2 Å². The number of carbonyl (C=O) groups is 2. The van der Waals surface area contributed by atoms with Crippen molar-refractivity contribution in [1.82, 2.24) is 14.8 Å². The van der Waals surface area contributed by atoms with Crippen LogP contribution in [0.15, 0.2) is 59.8 Å². The molecular formula is C22H24N4O4S. The first kappa shape index (κ1) is 22.4. The van der Waals surface area contributed by atoms with E-state index in [0.717, 1.165) is 5.75 Å². The van der Waals surface area contributed by atoms with Crippen LogP contribution in [-0.4, -0.2) is 39.0 Å². The molecule has 3 rings (SSSR count). The minimum atomic E-state index is -0.387. The number of nitrogens with zero attached hydrogens (tertiary/aromatic N) is 3. The number of nitrogens with one attached hydrogen (secondary N) is 1. The van der Waals surface area contributed by atoms with E-state index >= 15 is 0 Å². The summed E-state index contributed by atoms with van der Waals surface area (Å²) in [5.41, 5.74) is 1.04. The van der Waals surface area contributed by atoms with E-state index in [0.29, 0.717) is 42.0 Å². The van der Waals surface area contributed by atoms with Gasteiger partial charge in [-0.15, -0.1) is 10.2 Å². The van der Waals surface area contributed by atoms with Gasteiger partial charge in [0.05, 0.1) is 17.9 Å². The zero-order chi connectivity index (χ0) is 22.1. The lowest BCUT2D eigenvalue weighted by atomic mass is 10.2. The summed E-state index contributed by atoms with van der Waals surface area (Å²) in [5, 5.41) is 11.8. The van der Waals surface area contributed by atoms with Gasteiger partial charge < -0.3 is 19.4 Å². The van der Waals surface area contributed by atoms with Gasteiger partial charge in [0.2, 0.25) is 5.91 Å². The van der Waals surface area contributed by atoms with Gasteiger partial charge in [0.25, 0.3) is 0 Å². The van der Waals surface area contributed by atoms with Crippen LogP contribution in [0.5, 0.6) is 5.75 Å². The van der Waals surface area contributed by atoms with Gasteiger partial charge in [-0.3, -0.25) is 4.79 Å². The number of hydrogen-bond acceptors (Lipinski definition) is 7. The number of ether oxygens (including phenoxy) is 2. The Kier molecular flexibility index (Phi) is 8.05. The van der Waals surface area contributed by atoms with Crippen molar-refractivity contribution in [3.8, 4) is 5.75 Å². The number of anilines is 1. The molecule has 8 nitrogen and oxygen atoms in total. The molecule has 3 aromatic rings. The number of carbonyl (C=O) groups excluding carboxylic acids is 2. The van der Waals surface area contributed by atoms with Gasteiger partial charge in [-0.1, -0.05) is 30.0 Å². The van der Waals surface area contributed by atoms with Crippen LogP contribution >= 0.6 is 11.8 Å². The zero-order valence-corrected chi connectivity index (χ0v) is 18.2. The normalized spacial score (nSPS) is 10.5.